The van der Waals surface area contributed by atoms with Crippen LogP contribution in [0.4, 0.5) is 10.2 Å². The normalized spacial score (nSPS) is 9.67. The van der Waals surface area contributed by atoms with Gasteiger partial charge in [-0.1, -0.05) is 11.6 Å². The molecule has 1 aromatic rings. The topological polar surface area (TPSA) is 75.0 Å². The molecule has 96 valence electrons. The number of nitrogens with zero attached hydrogens (tertiary/aromatic N) is 2. The van der Waals surface area contributed by atoms with Gasteiger partial charge >= 0.3 is 5.97 Å². The molecule has 0 aliphatic rings. The summed E-state index contributed by atoms with van der Waals surface area (Å²) in [6, 6.07) is 2.71. The molecule has 0 saturated carbocycles. The average Bonchev–Trinajstić information content (AvgIpc) is 2.33. The number of carbonyl (C=O) groups is 1. The van der Waals surface area contributed by atoms with Crippen molar-refractivity contribution in [1.29, 1.82) is 5.26 Å². The molecule has 0 saturated heterocycles. The zero-order chi connectivity index (χ0) is 13.5. The second-order valence-electron chi connectivity index (χ2n) is 3.25. The number of anilines is 1. The van der Waals surface area contributed by atoms with E-state index in [1.54, 1.807) is 13.0 Å². The maximum absolute atomic E-state index is 13.4. The first-order valence-electron chi connectivity index (χ1n) is 5.24. The van der Waals surface area contributed by atoms with Crippen molar-refractivity contribution in [3.8, 4) is 6.07 Å². The molecule has 7 heteroatoms. The predicted octanol–water partition coefficient (Wildman–Crippen LogP) is 2.11. The van der Waals surface area contributed by atoms with E-state index in [0.717, 1.165) is 6.07 Å². The van der Waals surface area contributed by atoms with E-state index in [2.05, 4.69) is 10.3 Å². The standard InChI is InChI=1S/C11H11ClFN3O2/c1-2-18-9(17)3-4-15-11-8(13)5-7(6-14)10(12)16-11/h5H,2-4H2,1H3,(H,15,16). The molecule has 0 unspecified atom stereocenters. The van der Waals surface area contributed by atoms with E-state index in [1.807, 2.05) is 0 Å². The number of esters is 1. The summed E-state index contributed by atoms with van der Waals surface area (Å²) in [4.78, 5) is 14.7. The van der Waals surface area contributed by atoms with E-state index in [1.165, 1.54) is 0 Å². The smallest absolute Gasteiger partial charge is 0.307 e. The predicted molar refractivity (Wildman–Crippen MR) is 63.7 cm³/mol. The molecule has 1 heterocycles. The van der Waals surface area contributed by atoms with Crippen LogP contribution in [0.25, 0.3) is 0 Å². The summed E-state index contributed by atoms with van der Waals surface area (Å²) in [5, 5.41) is 11.1. The van der Waals surface area contributed by atoms with Crippen molar-refractivity contribution in [1.82, 2.24) is 4.98 Å². The zero-order valence-electron chi connectivity index (χ0n) is 9.67. The van der Waals surface area contributed by atoms with Crippen molar-refractivity contribution in [3.05, 3.63) is 22.6 Å². The Morgan fingerprint density at radius 3 is 3.06 bits per heavy atom. The minimum atomic E-state index is -0.695. The van der Waals surface area contributed by atoms with Gasteiger partial charge in [-0.2, -0.15) is 5.26 Å². The van der Waals surface area contributed by atoms with Gasteiger partial charge in [0.05, 0.1) is 18.6 Å². The summed E-state index contributed by atoms with van der Waals surface area (Å²) in [5.41, 5.74) is -0.0369. The number of nitrogens with one attached hydrogen (secondary N) is 1. The third-order valence-corrected chi connectivity index (χ3v) is 2.26. The van der Waals surface area contributed by atoms with Gasteiger partial charge in [-0.3, -0.25) is 4.79 Å². The molecule has 1 N–H and O–H groups in total. The largest absolute Gasteiger partial charge is 0.466 e. The number of halogens is 2. The van der Waals surface area contributed by atoms with E-state index in [9.17, 15) is 9.18 Å². The van der Waals surface area contributed by atoms with Crippen molar-refractivity contribution >= 4 is 23.4 Å². The van der Waals surface area contributed by atoms with E-state index in [4.69, 9.17) is 21.6 Å². The molecule has 0 radical (unpaired) electrons. The quantitative estimate of drug-likeness (QED) is 0.656. The number of ether oxygens (including phenoxy) is 1. The fourth-order valence-corrected chi connectivity index (χ4v) is 1.37. The maximum Gasteiger partial charge on any atom is 0.307 e. The second-order valence-corrected chi connectivity index (χ2v) is 3.61. The van der Waals surface area contributed by atoms with Crippen LogP contribution in [-0.2, 0) is 9.53 Å². The Morgan fingerprint density at radius 2 is 2.44 bits per heavy atom. The Kier molecular flexibility index (Phi) is 5.33. The molecule has 0 aromatic carbocycles. The fraction of sp³-hybridized carbons (Fsp3) is 0.364. The molecule has 5 nitrogen and oxygen atoms in total. The Balaban J connectivity index is 2.61. The zero-order valence-corrected chi connectivity index (χ0v) is 10.4. The molecule has 0 bridgehead atoms. The number of nitriles is 1. The molecule has 1 rings (SSSR count). The summed E-state index contributed by atoms with van der Waals surface area (Å²) in [7, 11) is 0. The molecular weight excluding hydrogens is 261 g/mol. The van der Waals surface area contributed by atoms with Crippen molar-refractivity contribution in [2.75, 3.05) is 18.5 Å². The maximum atomic E-state index is 13.4. The van der Waals surface area contributed by atoms with Gasteiger partial charge in [-0.15, -0.1) is 0 Å². The highest BCUT2D eigenvalue weighted by molar-refractivity contribution is 6.30. The van der Waals surface area contributed by atoms with Crippen LogP contribution in [0, 0.1) is 17.1 Å². The van der Waals surface area contributed by atoms with Crippen LogP contribution in [-0.4, -0.2) is 24.1 Å². The summed E-state index contributed by atoms with van der Waals surface area (Å²) < 4.78 is 18.1. The van der Waals surface area contributed by atoms with Crippen LogP contribution in [0.2, 0.25) is 5.15 Å². The molecule has 0 amide bonds. The van der Waals surface area contributed by atoms with Crippen LogP contribution in [0.3, 0.4) is 0 Å². The Morgan fingerprint density at radius 1 is 1.72 bits per heavy atom. The van der Waals surface area contributed by atoms with Crippen molar-refractivity contribution < 1.29 is 13.9 Å². The summed E-state index contributed by atoms with van der Waals surface area (Å²) in [6.45, 7) is 2.17. The summed E-state index contributed by atoms with van der Waals surface area (Å²) in [6.07, 6.45) is 0.0899. The van der Waals surface area contributed by atoms with Crippen molar-refractivity contribution in [2.24, 2.45) is 0 Å². The van der Waals surface area contributed by atoms with E-state index < -0.39 is 5.82 Å². The first-order chi connectivity index (χ1) is 8.58. The first-order valence-corrected chi connectivity index (χ1v) is 5.62. The van der Waals surface area contributed by atoms with Gasteiger partial charge in [-0.05, 0) is 13.0 Å². The summed E-state index contributed by atoms with van der Waals surface area (Å²) in [5.74, 6) is -1.17. The number of carbonyl (C=O) groups excluding carboxylic acids is 1. The molecular formula is C11H11ClFN3O2. The minimum Gasteiger partial charge on any atom is -0.466 e. The molecule has 0 aliphatic carbocycles. The van der Waals surface area contributed by atoms with Crippen LogP contribution in [0.5, 0.6) is 0 Å². The monoisotopic (exact) mass is 271 g/mol. The highest BCUT2D eigenvalue weighted by atomic mass is 35.5. The molecule has 0 spiro atoms. The van der Waals surface area contributed by atoms with Crippen LogP contribution < -0.4 is 5.32 Å². The highest BCUT2D eigenvalue weighted by Crippen LogP contribution is 2.19. The van der Waals surface area contributed by atoms with E-state index in [0.29, 0.717) is 6.61 Å². The number of pyridine rings is 1. The van der Waals surface area contributed by atoms with Gasteiger partial charge in [0.1, 0.15) is 11.2 Å². The lowest BCUT2D eigenvalue weighted by atomic mass is 10.3. The van der Waals surface area contributed by atoms with Crippen molar-refractivity contribution in [3.63, 3.8) is 0 Å². The molecule has 0 aliphatic heterocycles. The SMILES string of the molecule is CCOC(=O)CCNc1nc(Cl)c(C#N)cc1F. The van der Waals surface area contributed by atoms with Crippen LogP contribution in [0.1, 0.15) is 18.9 Å². The highest BCUT2D eigenvalue weighted by Gasteiger charge is 2.10. The first kappa shape index (κ1) is 14.2. The third-order valence-electron chi connectivity index (χ3n) is 1.98. The number of hydrogen-bond donors (Lipinski definition) is 1. The molecule has 1 aromatic heterocycles. The second kappa shape index (κ2) is 6.77. The lowest BCUT2D eigenvalue weighted by molar-refractivity contribution is -0.142. The minimum absolute atomic E-state index is 0.0369. The lowest BCUT2D eigenvalue weighted by Crippen LogP contribution is -2.13. The van der Waals surface area contributed by atoms with Crippen LogP contribution in [0.15, 0.2) is 6.07 Å². The van der Waals surface area contributed by atoms with Gasteiger partial charge < -0.3 is 10.1 Å². The van der Waals surface area contributed by atoms with Gasteiger partial charge in [0.15, 0.2) is 11.6 Å². The third kappa shape index (κ3) is 3.86. The fourth-order valence-electron chi connectivity index (χ4n) is 1.18. The van der Waals surface area contributed by atoms with E-state index >= 15 is 0 Å². The van der Waals surface area contributed by atoms with Gasteiger partial charge in [0.2, 0.25) is 0 Å². The van der Waals surface area contributed by atoms with Crippen molar-refractivity contribution in [2.45, 2.75) is 13.3 Å². The van der Waals surface area contributed by atoms with Gasteiger partial charge in [0, 0.05) is 6.54 Å². The number of hydrogen-bond acceptors (Lipinski definition) is 5. The Hall–Kier alpha value is -1.87. The lowest BCUT2D eigenvalue weighted by Gasteiger charge is -2.07. The van der Waals surface area contributed by atoms with Gasteiger partial charge in [0.25, 0.3) is 0 Å². The van der Waals surface area contributed by atoms with Crippen LogP contribution >= 0.6 is 11.6 Å². The summed E-state index contributed by atoms with van der Waals surface area (Å²) >= 11 is 5.66. The average molecular weight is 272 g/mol. The molecule has 0 fully saturated rings. The van der Waals surface area contributed by atoms with Gasteiger partial charge in [-0.25, -0.2) is 9.37 Å². The van der Waals surface area contributed by atoms with E-state index in [-0.39, 0.29) is 35.5 Å². The molecule has 0 atom stereocenters. The number of rotatable bonds is 5. The Labute approximate surface area is 109 Å². The Bertz CT molecular complexity index is 488. The molecule has 18 heavy (non-hydrogen) atoms. The number of aromatic nitrogens is 1.